The van der Waals surface area contributed by atoms with E-state index in [2.05, 4.69) is 9.98 Å². The number of hydrogen-bond acceptors (Lipinski definition) is 5. The smallest absolute Gasteiger partial charge is 0.230 e. The van der Waals surface area contributed by atoms with Crippen molar-refractivity contribution in [3.8, 4) is 11.6 Å². The lowest BCUT2D eigenvalue weighted by molar-refractivity contribution is 0.234. The van der Waals surface area contributed by atoms with Gasteiger partial charge in [-0.2, -0.15) is 0 Å². The highest BCUT2D eigenvalue weighted by Gasteiger charge is 2.15. The van der Waals surface area contributed by atoms with Gasteiger partial charge < -0.3 is 4.74 Å². The summed E-state index contributed by atoms with van der Waals surface area (Å²) in [5.74, 6) is -0.655. The highest BCUT2D eigenvalue weighted by molar-refractivity contribution is 7.98. The fourth-order valence-corrected chi connectivity index (χ4v) is 3.42. The molecule has 0 spiro atoms. The van der Waals surface area contributed by atoms with E-state index in [9.17, 15) is 14.0 Å². The van der Waals surface area contributed by atoms with E-state index in [-0.39, 0.29) is 23.8 Å². The molecule has 0 saturated heterocycles. The van der Waals surface area contributed by atoms with Crippen LogP contribution < -0.4 is 10.2 Å². The summed E-state index contributed by atoms with van der Waals surface area (Å²) in [7, 11) is 0. The van der Waals surface area contributed by atoms with Crippen molar-refractivity contribution in [3.63, 3.8) is 0 Å². The molecule has 0 radical (unpaired) electrons. The molecule has 8 heteroatoms. The largest absolute Gasteiger partial charge is 0.438 e. The normalized spacial score (nSPS) is 11.5. The number of hydroxylamine groups is 1. The zero-order chi connectivity index (χ0) is 21.7. The molecule has 0 atom stereocenters. The second-order valence-corrected chi connectivity index (χ2v) is 7.36. The van der Waals surface area contributed by atoms with Crippen LogP contribution in [0, 0.1) is 25.5 Å². The molecule has 156 valence electrons. The maximum atomic E-state index is 13.9. The van der Waals surface area contributed by atoms with Crippen LogP contribution in [0.25, 0.3) is 0 Å². The zero-order valence-corrected chi connectivity index (χ0v) is 17.6. The Morgan fingerprint density at radius 3 is 2.50 bits per heavy atom. The first-order valence-corrected chi connectivity index (χ1v) is 10.3. The molecular formula is C22H21F2N3O2S. The van der Waals surface area contributed by atoms with Gasteiger partial charge >= 0.3 is 0 Å². The average molecular weight is 429 g/mol. The predicted octanol–water partition coefficient (Wildman–Crippen LogP) is 5.42. The van der Waals surface area contributed by atoms with Crippen LogP contribution in [0.4, 0.5) is 8.78 Å². The Bertz CT molecular complexity index is 1070. The van der Waals surface area contributed by atoms with Crippen LogP contribution in [0.5, 0.6) is 11.6 Å². The van der Waals surface area contributed by atoms with Gasteiger partial charge in [0.05, 0.1) is 12.1 Å². The third kappa shape index (κ3) is 4.95. The number of pyridine rings is 1. The molecule has 0 aliphatic rings. The standard InChI is InChI=1S/C22H21F2N3O2S/c1-13-11-15(8-10-20(13)30-3)29-22-16(9-7-14(2)26-22)21(27-28)25-12-17-18(23)5-4-6-19(17)24/h4-11,28H,12H2,1-3H3,(H,25,27). The lowest BCUT2D eigenvalue weighted by atomic mass is 10.2. The molecule has 1 heterocycles. The molecule has 2 aromatic carbocycles. The SMILES string of the molecule is CSc1ccc(Oc2nc(C)ccc2C(=NCc2c(F)cccc2F)NO)cc1C. The minimum absolute atomic E-state index is 0.0161. The highest BCUT2D eigenvalue weighted by Crippen LogP contribution is 2.29. The van der Waals surface area contributed by atoms with Gasteiger partial charge in [0.15, 0.2) is 5.84 Å². The van der Waals surface area contributed by atoms with E-state index in [1.165, 1.54) is 6.07 Å². The summed E-state index contributed by atoms with van der Waals surface area (Å²) in [6, 6.07) is 12.6. The quantitative estimate of drug-likeness (QED) is 0.237. The Labute approximate surface area is 177 Å². The summed E-state index contributed by atoms with van der Waals surface area (Å²) < 4.78 is 33.7. The van der Waals surface area contributed by atoms with E-state index in [0.29, 0.717) is 17.0 Å². The molecule has 3 aromatic rings. The van der Waals surface area contributed by atoms with Crippen molar-refractivity contribution in [3.05, 3.63) is 82.5 Å². The molecule has 5 nitrogen and oxygen atoms in total. The van der Waals surface area contributed by atoms with Crippen molar-refractivity contribution >= 4 is 17.6 Å². The number of nitrogens with zero attached hydrogens (tertiary/aromatic N) is 2. The lowest BCUT2D eigenvalue weighted by Gasteiger charge is -2.13. The summed E-state index contributed by atoms with van der Waals surface area (Å²) in [6.07, 6.45) is 2.00. The van der Waals surface area contributed by atoms with Crippen molar-refractivity contribution in [2.45, 2.75) is 25.3 Å². The van der Waals surface area contributed by atoms with E-state index >= 15 is 0 Å². The van der Waals surface area contributed by atoms with Crippen molar-refractivity contribution in [1.29, 1.82) is 0 Å². The van der Waals surface area contributed by atoms with E-state index in [0.717, 1.165) is 22.6 Å². The molecule has 0 aliphatic heterocycles. The van der Waals surface area contributed by atoms with E-state index in [1.54, 1.807) is 30.8 Å². The van der Waals surface area contributed by atoms with Gasteiger partial charge in [0, 0.05) is 16.2 Å². The van der Waals surface area contributed by atoms with Crippen LogP contribution in [0.2, 0.25) is 0 Å². The molecule has 0 saturated carbocycles. The predicted molar refractivity (Wildman–Crippen MR) is 114 cm³/mol. The third-order valence-corrected chi connectivity index (χ3v) is 5.30. The van der Waals surface area contributed by atoms with E-state index < -0.39 is 11.6 Å². The zero-order valence-electron chi connectivity index (χ0n) is 16.7. The van der Waals surface area contributed by atoms with Crippen LogP contribution in [-0.4, -0.2) is 22.3 Å². The van der Waals surface area contributed by atoms with Crippen molar-refractivity contribution in [1.82, 2.24) is 10.5 Å². The van der Waals surface area contributed by atoms with Crippen LogP contribution in [0.15, 0.2) is 58.4 Å². The number of aromatic nitrogens is 1. The average Bonchev–Trinajstić information content (AvgIpc) is 2.71. The number of hydrogen-bond donors (Lipinski definition) is 2. The van der Waals surface area contributed by atoms with Crippen molar-refractivity contribution in [2.24, 2.45) is 4.99 Å². The second kappa shape index (κ2) is 9.69. The number of nitrogens with one attached hydrogen (secondary N) is 1. The molecule has 2 N–H and O–H groups in total. The lowest BCUT2D eigenvalue weighted by Crippen LogP contribution is -2.22. The monoisotopic (exact) mass is 429 g/mol. The van der Waals surface area contributed by atoms with E-state index in [4.69, 9.17) is 4.74 Å². The fraction of sp³-hybridized carbons (Fsp3) is 0.182. The van der Waals surface area contributed by atoms with Crippen LogP contribution in [0.3, 0.4) is 0 Å². The van der Waals surface area contributed by atoms with Gasteiger partial charge in [0.1, 0.15) is 17.4 Å². The maximum absolute atomic E-state index is 13.9. The van der Waals surface area contributed by atoms with Crippen LogP contribution in [0.1, 0.15) is 22.4 Å². The van der Waals surface area contributed by atoms with Gasteiger partial charge in [-0.1, -0.05) is 6.07 Å². The highest BCUT2D eigenvalue weighted by atomic mass is 32.2. The van der Waals surface area contributed by atoms with Gasteiger partial charge in [-0.15, -0.1) is 11.8 Å². The first kappa shape index (κ1) is 21.7. The summed E-state index contributed by atoms with van der Waals surface area (Å²) in [4.78, 5) is 9.66. The molecule has 0 fully saturated rings. The molecule has 0 unspecified atom stereocenters. The van der Waals surface area contributed by atoms with Gasteiger partial charge in [0.2, 0.25) is 5.88 Å². The van der Waals surface area contributed by atoms with Crippen molar-refractivity contribution in [2.75, 3.05) is 6.26 Å². The molecule has 0 bridgehead atoms. The number of rotatable bonds is 6. The van der Waals surface area contributed by atoms with Gasteiger partial charge in [-0.3, -0.25) is 15.7 Å². The molecular weight excluding hydrogens is 408 g/mol. The number of amidine groups is 1. The number of aryl methyl sites for hydroxylation is 2. The topological polar surface area (TPSA) is 66.7 Å². The number of ether oxygens (including phenoxy) is 1. The minimum Gasteiger partial charge on any atom is -0.438 e. The Kier molecular flexibility index (Phi) is 7.02. The van der Waals surface area contributed by atoms with Gasteiger partial charge in [0.25, 0.3) is 0 Å². The Morgan fingerprint density at radius 1 is 1.13 bits per heavy atom. The molecule has 0 aliphatic carbocycles. The maximum Gasteiger partial charge on any atom is 0.230 e. The van der Waals surface area contributed by atoms with Crippen molar-refractivity contribution < 1.29 is 18.7 Å². The third-order valence-electron chi connectivity index (χ3n) is 4.40. The Morgan fingerprint density at radius 2 is 1.87 bits per heavy atom. The number of aliphatic imine (C=N–C) groups is 1. The summed E-state index contributed by atoms with van der Waals surface area (Å²) in [5, 5.41) is 9.61. The summed E-state index contributed by atoms with van der Waals surface area (Å²) in [6.45, 7) is 3.47. The minimum atomic E-state index is -0.709. The number of benzene rings is 2. The summed E-state index contributed by atoms with van der Waals surface area (Å²) >= 11 is 1.64. The van der Waals surface area contributed by atoms with E-state index in [1.807, 2.05) is 36.9 Å². The first-order chi connectivity index (χ1) is 14.4. The number of halogens is 2. The molecule has 30 heavy (non-hydrogen) atoms. The molecule has 3 rings (SSSR count). The second-order valence-electron chi connectivity index (χ2n) is 6.52. The van der Waals surface area contributed by atoms with Gasteiger partial charge in [-0.25, -0.2) is 13.8 Å². The van der Waals surface area contributed by atoms with Crippen LogP contribution >= 0.6 is 11.8 Å². The Hall–Kier alpha value is -2.97. The fourth-order valence-electron chi connectivity index (χ4n) is 2.84. The molecule has 1 aromatic heterocycles. The van der Waals surface area contributed by atoms with Gasteiger partial charge in [-0.05, 0) is 68.1 Å². The first-order valence-electron chi connectivity index (χ1n) is 9.11. The Balaban J connectivity index is 1.95. The van der Waals surface area contributed by atoms with Crippen LogP contribution in [-0.2, 0) is 6.54 Å². The summed E-state index contributed by atoms with van der Waals surface area (Å²) in [5.41, 5.74) is 3.89. The number of thioether (sulfide) groups is 1. The molecule has 0 amide bonds.